The minimum Gasteiger partial charge on any atom is -0.364 e. The van der Waals surface area contributed by atoms with E-state index in [0.29, 0.717) is 0 Å². The minimum atomic E-state index is -0.399. The van der Waals surface area contributed by atoms with Crippen molar-refractivity contribution in [1.82, 2.24) is 0 Å². The summed E-state index contributed by atoms with van der Waals surface area (Å²) in [7, 11) is 0. The van der Waals surface area contributed by atoms with Gasteiger partial charge >= 0.3 is 0 Å². The predicted octanol–water partition coefficient (Wildman–Crippen LogP) is -0.168. The van der Waals surface area contributed by atoms with Crippen molar-refractivity contribution in [2.45, 2.75) is 0 Å². The Morgan fingerprint density at radius 1 is 0.556 bits per heavy atom. The first-order valence-electron chi connectivity index (χ1n) is 4.28. The average Bonchev–Trinajstić information content (AvgIpc) is 2.15. The SMILES string of the molecule is O=C(S)COCC(=O)S.O=C(S)COCC(=O)S. The standard InChI is InChI=1S/2C4H6O3S2/c2*5-3(8)1-7-2-4(6)9/h2*1-2H2,(H,5,8)(H,6,9). The Balaban J connectivity index is 0. The van der Waals surface area contributed by atoms with E-state index < -0.39 is 20.5 Å². The second kappa shape index (κ2) is 13.4. The van der Waals surface area contributed by atoms with Crippen LogP contribution in [0.5, 0.6) is 0 Å². The van der Waals surface area contributed by atoms with E-state index in [1.54, 1.807) is 0 Å². The van der Waals surface area contributed by atoms with E-state index in [0.717, 1.165) is 0 Å². The monoisotopic (exact) mass is 332 g/mol. The molecular weight excluding hydrogens is 320 g/mol. The van der Waals surface area contributed by atoms with Crippen LogP contribution < -0.4 is 0 Å². The third-order valence-corrected chi connectivity index (χ3v) is 1.42. The van der Waals surface area contributed by atoms with E-state index in [4.69, 9.17) is 0 Å². The van der Waals surface area contributed by atoms with Crippen molar-refractivity contribution in [3.8, 4) is 0 Å². The van der Waals surface area contributed by atoms with Crippen molar-refractivity contribution in [1.29, 1.82) is 0 Å². The number of carbonyl (C=O) groups is 4. The highest BCUT2D eigenvalue weighted by Gasteiger charge is 1.96. The largest absolute Gasteiger partial charge is 0.364 e. The van der Waals surface area contributed by atoms with Crippen molar-refractivity contribution < 1.29 is 28.7 Å². The summed E-state index contributed by atoms with van der Waals surface area (Å²) in [6, 6.07) is 0. The van der Waals surface area contributed by atoms with Gasteiger partial charge in [-0.2, -0.15) is 0 Å². The molecule has 0 unspecified atom stereocenters. The molecule has 0 aromatic carbocycles. The van der Waals surface area contributed by atoms with Gasteiger partial charge in [0.1, 0.15) is 26.4 Å². The zero-order chi connectivity index (χ0) is 14.6. The fourth-order valence-electron chi connectivity index (χ4n) is 0.451. The minimum absolute atomic E-state index is 0.143. The van der Waals surface area contributed by atoms with Crippen LogP contribution in [0.1, 0.15) is 0 Å². The molecule has 0 N–H and O–H groups in total. The molecule has 0 fully saturated rings. The lowest BCUT2D eigenvalue weighted by Gasteiger charge is -1.93. The van der Waals surface area contributed by atoms with E-state index in [1.165, 1.54) is 0 Å². The molecule has 0 aliphatic carbocycles. The molecule has 0 spiro atoms. The summed E-state index contributed by atoms with van der Waals surface area (Å²) >= 11 is 13.6. The Labute approximate surface area is 126 Å². The van der Waals surface area contributed by atoms with Crippen LogP contribution in [0.3, 0.4) is 0 Å². The fourth-order valence-corrected chi connectivity index (χ4v) is 0.816. The van der Waals surface area contributed by atoms with Gasteiger partial charge in [0.25, 0.3) is 0 Å². The molecule has 0 aromatic rings. The molecular formula is C8H12O6S4. The normalized spacial score (nSPS) is 9.11. The van der Waals surface area contributed by atoms with Crippen LogP contribution in [0.2, 0.25) is 0 Å². The first kappa shape index (κ1) is 20.3. The molecule has 0 radical (unpaired) electrons. The Bertz CT molecular complexity index is 248. The second-order valence-corrected chi connectivity index (χ2v) is 4.56. The molecule has 0 amide bonds. The number of ether oxygens (including phenoxy) is 2. The molecule has 0 saturated heterocycles. The summed E-state index contributed by atoms with van der Waals surface area (Å²) in [5.41, 5.74) is 0. The quantitative estimate of drug-likeness (QED) is 0.462. The van der Waals surface area contributed by atoms with Gasteiger partial charge in [0.2, 0.25) is 20.5 Å². The molecule has 18 heavy (non-hydrogen) atoms. The van der Waals surface area contributed by atoms with Crippen molar-refractivity contribution in [3.63, 3.8) is 0 Å². The first-order valence-corrected chi connectivity index (χ1v) is 6.07. The molecule has 0 saturated carbocycles. The highest BCUT2D eigenvalue weighted by atomic mass is 32.1. The average molecular weight is 332 g/mol. The molecule has 104 valence electrons. The highest BCUT2D eigenvalue weighted by Crippen LogP contribution is 1.85. The number of carbonyl (C=O) groups excluding carboxylic acids is 4. The van der Waals surface area contributed by atoms with E-state index in [1.807, 2.05) is 0 Å². The second-order valence-electron chi connectivity index (χ2n) is 2.56. The lowest BCUT2D eigenvalue weighted by atomic mass is 10.7. The van der Waals surface area contributed by atoms with Gasteiger partial charge in [0, 0.05) is 0 Å². The molecule has 0 aliphatic rings. The lowest BCUT2D eigenvalue weighted by molar-refractivity contribution is -0.120. The molecule has 6 nitrogen and oxygen atoms in total. The first-order chi connectivity index (χ1) is 8.25. The molecule has 0 rings (SSSR count). The summed E-state index contributed by atoms with van der Waals surface area (Å²) in [6.45, 7) is -0.574. The maximum atomic E-state index is 10.0. The van der Waals surface area contributed by atoms with Crippen LogP contribution in [-0.4, -0.2) is 46.9 Å². The Morgan fingerprint density at radius 3 is 0.833 bits per heavy atom. The lowest BCUT2D eigenvalue weighted by Crippen LogP contribution is -2.07. The maximum Gasteiger partial charge on any atom is 0.211 e. The number of hydrogen-bond donors (Lipinski definition) is 4. The Morgan fingerprint density at radius 2 is 0.722 bits per heavy atom. The Kier molecular flexibility index (Phi) is 15.2. The number of hydrogen-bond acceptors (Lipinski definition) is 6. The van der Waals surface area contributed by atoms with Gasteiger partial charge in [-0.15, -0.1) is 50.5 Å². The van der Waals surface area contributed by atoms with E-state index in [-0.39, 0.29) is 26.4 Å². The van der Waals surface area contributed by atoms with Crippen LogP contribution in [0, 0.1) is 0 Å². The van der Waals surface area contributed by atoms with Crippen LogP contribution in [0.25, 0.3) is 0 Å². The van der Waals surface area contributed by atoms with Gasteiger partial charge in [-0.3, -0.25) is 19.2 Å². The van der Waals surface area contributed by atoms with Gasteiger partial charge in [0.15, 0.2) is 0 Å². The predicted molar refractivity (Wildman–Crippen MR) is 77.6 cm³/mol. The van der Waals surface area contributed by atoms with Crippen molar-refractivity contribution in [2.75, 3.05) is 26.4 Å². The maximum absolute atomic E-state index is 10.0. The van der Waals surface area contributed by atoms with E-state index in [2.05, 4.69) is 60.0 Å². The van der Waals surface area contributed by atoms with E-state index in [9.17, 15) is 19.2 Å². The highest BCUT2D eigenvalue weighted by molar-refractivity contribution is 7.97. The molecule has 0 heterocycles. The smallest absolute Gasteiger partial charge is 0.211 e. The zero-order valence-corrected chi connectivity index (χ0v) is 12.6. The summed E-state index contributed by atoms with van der Waals surface area (Å²) in [5.74, 6) is 0. The van der Waals surface area contributed by atoms with Crippen LogP contribution in [0.4, 0.5) is 0 Å². The summed E-state index contributed by atoms with van der Waals surface area (Å²) in [4.78, 5) is 40.1. The zero-order valence-electron chi connectivity index (χ0n) is 9.07. The summed E-state index contributed by atoms with van der Waals surface area (Å²) in [6.07, 6.45) is 0. The molecule has 0 atom stereocenters. The molecule has 10 heteroatoms. The van der Waals surface area contributed by atoms with Crippen molar-refractivity contribution in [2.24, 2.45) is 0 Å². The van der Waals surface area contributed by atoms with Crippen LogP contribution >= 0.6 is 50.5 Å². The number of rotatable bonds is 8. The molecule has 0 bridgehead atoms. The fraction of sp³-hybridized carbons (Fsp3) is 0.500. The van der Waals surface area contributed by atoms with Crippen molar-refractivity contribution in [3.05, 3.63) is 0 Å². The topological polar surface area (TPSA) is 86.7 Å². The third kappa shape index (κ3) is 25.0. The van der Waals surface area contributed by atoms with Crippen LogP contribution in [0.15, 0.2) is 0 Å². The number of thiol groups is 4. The van der Waals surface area contributed by atoms with Gasteiger partial charge in [-0.1, -0.05) is 0 Å². The van der Waals surface area contributed by atoms with Crippen molar-refractivity contribution >= 4 is 71.0 Å². The van der Waals surface area contributed by atoms with E-state index >= 15 is 0 Å². The van der Waals surface area contributed by atoms with Crippen LogP contribution in [-0.2, 0) is 28.7 Å². The van der Waals surface area contributed by atoms with Gasteiger partial charge in [-0.25, -0.2) is 0 Å². The summed E-state index contributed by atoms with van der Waals surface area (Å²) < 4.78 is 9.01. The third-order valence-electron chi connectivity index (χ3n) is 0.902. The van der Waals surface area contributed by atoms with Gasteiger partial charge in [0.05, 0.1) is 0 Å². The van der Waals surface area contributed by atoms with Gasteiger partial charge in [-0.05, 0) is 0 Å². The summed E-state index contributed by atoms with van der Waals surface area (Å²) in [5, 5.41) is -1.59. The Hall–Kier alpha value is -0.000000000000000222. The molecule has 0 aromatic heterocycles. The molecule has 0 aliphatic heterocycles. The van der Waals surface area contributed by atoms with Gasteiger partial charge < -0.3 is 9.47 Å².